The van der Waals surface area contributed by atoms with Gasteiger partial charge in [-0.3, -0.25) is 9.59 Å². The minimum atomic E-state index is -0.606. The Hall–Kier alpha value is -4.22. The first-order chi connectivity index (χ1) is 31.6. The van der Waals surface area contributed by atoms with Crippen molar-refractivity contribution in [3.05, 3.63) is 146 Å². The Morgan fingerprint density at radius 1 is 0.344 bits per heavy atom. The molecule has 1 unspecified atom stereocenters. The van der Waals surface area contributed by atoms with Crippen LogP contribution in [0.3, 0.4) is 0 Å². The van der Waals surface area contributed by atoms with Gasteiger partial charge in [-0.15, -0.1) is 0 Å². The van der Waals surface area contributed by atoms with Gasteiger partial charge in [0.25, 0.3) is 0 Å². The van der Waals surface area contributed by atoms with Crippen LogP contribution in [0.1, 0.15) is 188 Å². The number of ether oxygens (including phenoxy) is 3. The average molecular weight is 881 g/mol. The van der Waals surface area contributed by atoms with E-state index in [4.69, 9.17) is 14.2 Å². The van der Waals surface area contributed by atoms with Crippen molar-refractivity contribution < 1.29 is 23.8 Å². The SMILES string of the molecule is CC/C=C\C/C=C\C/C=C\C/C=C\C/C=C\CCOCC(COC(=O)CCCCCC/C=C\C/C=C\C/C=C\C/C=C\CC)OC(=O)CCCCCCC/C=C\C/C=C\C/C=C\CC. The van der Waals surface area contributed by atoms with E-state index in [9.17, 15) is 9.59 Å². The highest BCUT2D eigenvalue weighted by Crippen LogP contribution is 2.11. The molecule has 64 heavy (non-hydrogen) atoms. The van der Waals surface area contributed by atoms with Gasteiger partial charge in [0.05, 0.1) is 13.2 Å². The van der Waals surface area contributed by atoms with Crippen LogP contribution in [0.2, 0.25) is 0 Å². The highest BCUT2D eigenvalue weighted by Gasteiger charge is 2.17. The minimum Gasteiger partial charge on any atom is -0.462 e. The molecule has 0 fully saturated rings. The molecule has 0 rings (SSSR count). The first-order valence-corrected chi connectivity index (χ1v) is 25.4. The summed E-state index contributed by atoms with van der Waals surface area (Å²) in [5.41, 5.74) is 0. The van der Waals surface area contributed by atoms with Crippen molar-refractivity contribution in [1.29, 1.82) is 0 Å². The number of unbranched alkanes of at least 4 members (excludes halogenated alkanes) is 9. The fourth-order valence-electron chi connectivity index (χ4n) is 6.22. The Morgan fingerprint density at radius 2 is 0.656 bits per heavy atom. The van der Waals surface area contributed by atoms with E-state index in [1.807, 2.05) is 0 Å². The normalized spacial score (nSPS) is 13.5. The monoisotopic (exact) mass is 881 g/mol. The quantitative estimate of drug-likeness (QED) is 0.0347. The summed E-state index contributed by atoms with van der Waals surface area (Å²) in [7, 11) is 0. The zero-order valence-electron chi connectivity index (χ0n) is 41.0. The average Bonchev–Trinajstić information content (AvgIpc) is 3.30. The van der Waals surface area contributed by atoms with E-state index in [1.165, 1.54) is 6.42 Å². The van der Waals surface area contributed by atoms with Crippen LogP contribution >= 0.6 is 0 Å². The van der Waals surface area contributed by atoms with Crippen LogP contribution < -0.4 is 0 Å². The summed E-state index contributed by atoms with van der Waals surface area (Å²) in [6.07, 6.45) is 77.3. The van der Waals surface area contributed by atoms with E-state index in [0.717, 1.165) is 148 Å². The van der Waals surface area contributed by atoms with Gasteiger partial charge in [-0.25, -0.2) is 0 Å². The molecule has 0 aliphatic heterocycles. The summed E-state index contributed by atoms with van der Waals surface area (Å²) in [5.74, 6) is -0.498. The summed E-state index contributed by atoms with van der Waals surface area (Å²) >= 11 is 0. The molecule has 0 aromatic heterocycles. The number of carbonyl (C=O) groups is 2. The largest absolute Gasteiger partial charge is 0.462 e. The first kappa shape index (κ1) is 59.8. The lowest BCUT2D eigenvalue weighted by Crippen LogP contribution is -2.30. The van der Waals surface area contributed by atoms with Crippen LogP contribution in [0, 0.1) is 0 Å². The van der Waals surface area contributed by atoms with Crippen LogP contribution in [0.4, 0.5) is 0 Å². The van der Waals surface area contributed by atoms with Gasteiger partial charge in [-0.05, 0) is 122 Å². The third-order valence-corrected chi connectivity index (χ3v) is 9.87. The molecule has 0 heterocycles. The van der Waals surface area contributed by atoms with Crippen LogP contribution in [0.5, 0.6) is 0 Å². The third-order valence-electron chi connectivity index (χ3n) is 9.87. The molecule has 0 radical (unpaired) electrons. The zero-order valence-corrected chi connectivity index (χ0v) is 41.0. The maximum Gasteiger partial charge on any atom is 0.306 e. The molecule has 358 valence electrons. The van der Waals surface area contributed by atoms with E-state index in [1.54, 1.807) is 0 Å². The Morgan fingerprint density at radius 3 is 1.05 bits per heavy atom. The smallest absolute Gasteiger partial charge is 0.306 e. The third kappa shape index (κ3) is 50.4. The van der Waals surface area contributed by atoms with E-state index in [-0.39, 0.29) is 25.2 Å². The molecule has 0 aliphatic rings. The van der Waals surface area contributed by atoms with Gasteiger partial charge in [-0.2, -0.15) is 0 Å². The van der Waals surface area contributed by atoms with Crippen molar-refractivity contribution in [2.75, 3.05) is 19.8 Å². The molecule has 5 heteroatoms. The number of allylic oxidation sites excluding steroid dienone is 23. The van der Waals surface area contributed by atoms with Crippen molar-refractivity contribution in [2.24, 2.45) is 0 Å². The fraction of sp³-hybridized carbons (Fsp3) is 0.559. The summed E-state index contributed by atoms with van der Waals surface area (Å²) in [6.45, 7) is 7.21. The molecule has 0 saturated heterocycles. The molecule has 0 N–H and O–H groups in total. The molecule has 5 nitrogen and oxygen atoms in total. The Kier molecular flexibility index (Phi) is 49.6. The fourth-order valence-corrected chi connectivity index (χ4v) is 6.22. The predicted octanol–water partition coefficient (Wildman–Crippen LogP) is 17.3. The molecule has 0 aromatic rings. The van der Waals surface area contributed by atoms with Gasteiger partial charge in [0.1, 0.15) is 6.61 Å². The second-order valence-electron chi connectivity index (χ2n) is 15.9. The van der Waals surface area contributed by atoms with E-state index in [0.29, 0.717) is 19.4 Å². The maximum absolute atomic E-state index is 12.8. The molecule has 0 saturated carbocycles. The second kappa shape index (κ2) is 53.1. The second-order valence-corrected chi connectivity index (χ2v) is 15.9. The maximum atomic E-state index is 12.8. The lowest BCUT2D eigenvalue weighted by molar-refractivity contribution is -0.162. The molecular weight excluding hydrogens is 789 g/mol. The highest BCUT2D eigenvalue weighted by molar-refractivity contribution is 5.70. The molecular formula is C59H92O5. The highest BCUT2D eigenvalue weighted by atomic mass is 16.6. The van der Waals surface area contributed by atoms with Crippen molar-refractivity contribution in [2.45, 2.75) is 194 Å². The number of rotatable bonds is 44. The van der Waals surface area contributed by atoms with Crippen molar-refractivity contribution in [1.82, 2.24) is 0 Å². The standard InChI is InChI=1S/C59H92O5/c1-4-7-10-13-16-19-22-25-28-30-32-34-37-40-43-46-49-52-58(60)63-56-57(55-62-54-51-48-45-42-39-36-33-29-26-23-20-17-14-11-8-5-2)64-59(61)53-50-47-44-41-38-35-31-27-24-21-18-15-12-9-6-3/h7-12,16-21,25-29,31-32,34,36,39,45,48,57H,4-6,13-15,22-24,30,33,35,37-38,40-44,46-47,49-56H2,1-3H3/b10-7-,11-8-,12-9-,19-16-,20-17-,21-18-,28-25-,29-26-,31-27-,34-32-,39-36-,48-45-. The van der Waals surface area contributed by atoms with Gasteiger partial charge in [0.15, 0.2) is 6.10 Å². The number of esters is 2. The Labute approximate surface area is 393 Å². The molecule has 1 atom stereocenters. The summed E-state index contributed by atoms with van der Waals surface area (Å²) < 4.78 is 17.3. The van der Waals surface area contributed by atoms with Crippen LogP contribution in [0.25, 0.3) is 0 Å². The number of hydrogen-bond donors (Lipinski definition) is 0. The van der Waals surface area contributed by atoms with Gasteiger partial charge < -0.3 is 14.2 Å². The number of hydrogen-bond acceptors (Lipinski definition) is 5. The minimum absolute atomic E-state index is 0.0251. The summed E-state index contributed by atoms with van der Waals surface area (Å²) in [5, 5.41) is 0. The molecule has 0 bridgehead atoms. The Balaban J connectivity index is 4.50. The van der Waals surface area contributed by atoms with Crippen molar-refractivity contribution >= 4 is 11.9 Å². The van der Waals surface area contributed by atoms with E-state index < -0.39 is 6.10 Å². The zero-order chi connectivity index (χ0) is 46.3. The van der Waals surface area contributed by atoms with Crippen molar-refractivity contribution in [3.8, 4) is 0 Å². The van der Waals surface area contributed by atoms with Crippen LogP contribution in [0.15, 0.2) is 146 Å². The molecule has 0 aromatic carbocycles. The van der Waals surface area contributed by atoms with E-state index in [2.05, 4.69) is 167 Å². The van der Waals surface area contributed by atoms with Gasteiger partial charge >= 0.3 is 11.9 Å². The topological polar surface area (TPSA) is 61.8 Å². The first-order valence-electron chi connectivity index (χ1n) is 25.4. The van der Waals surface area contributed by atoms with Crippen LogP contribution in [-0.4, -0.2) is 37.9 Å². The lowest BCUT2D eigenvalue weighted by atomic mass is 10.1. The van der Waals surface area contributed by atoms with Gasteiger partial charge in [-0.1, -0.05) is 199 Å². The predicted molar refractivity (Wildman–Crippen MR) is 278 cm³/mol. The summed E-state index contributed by atoms with van der Waals surface area (Å²) in [4.78, 5) is 25.4. The Bertz CT molecular complexity index is 1410. The summed E-state index contributed by atoms with van der Waals surface area (Å²) in [6, 6.07) is 0. The van der Waals surface area contributed by atoms with Gasteiger partial charge in [0, 0.05) is 12.8 Å². The van der Waals surface area contributed by atoms with Crippen LogP contribution in [-0.2, 0) is 23.8 Å². The van der Waals surface area contributed by atoms with Gasteiger partial charge in [0.2, 0.25) is 0 Å². The van der Waals surface area contributed by atoms with Crippen molar-refractivity contribution in [3.63, 3.8) is 0 Å². The van der Waals surface area contributed by atoms with E-state index >= 15 is 0 Å². The molecule has 0 aliphatic carbocycles. The molecule has 0 amide bonds. The number of carbonyl (C=O) groups excluding carboxylic acids is 2. The lowest BCUT2D eigenvalue weighted by Gasteiger charge is -2.18. The molecule has 0 spiro atoms.